The van der Waals surface area contributed by atoms with Crippen molar-refractivity contribution in [1.29, 1.82) is 0 Å². The number of hydrogen-bond donors (Lipinski definition) is 0. The van der Waals surface area contributed by atoms with Gasteiger partial charge in [-0.1, -0.05) is 366 Å². The van der Waals surface area contributed by atoms with Gasteiger partial charge < -0.3 is 14.2 Å². The van der Waals surface area contributed by atoms with E-state index in [4.69, 9.17) is 14.2 Å². The van der Waals surface area contributed by atoms with Crippen LogP contribution in [-0.2, 0) is 28.6 Å². The Kier molecular flexibility index (Phi) is 70.5. The SMILES string of the molecule is CCCCCCCCCC/C=C\CCCCCCCCCCCCCCCCCC(=O)OCC(COC(=O)CCCCCCCCCCCCCCC)OC(=O)CCCCCCCCCCCCCCC/C=C\CCCCCCCCCC. The molecule has 0 spiro atoms. The van der Waals surface area contributed by atoms with E-state index >= 15 is 0 Å². The standard InChI is InChI=1S/C77H146O6/c1-4-7-10-13-16-19-22-25-27-29-31-33-35-37-38-40-41-43-45-47-49-52-55-58-61-64-67-70-76(79)82-73-74(72-81-75(78)69-66-63-60-57-54-51-24-21-18-15-12-9-6-3)83-77(80)71-68-65-62-59-56-53-50-48-46-44-42-39-36-34-32-30-28-26-23-20-17-14-11-8-5-2/h29-32,74H,4-28,33-73H2,1-3H3/b31-29-,32-30-. The lowest BCUT2D eigenvalue weighted by Crippen LogP contribution is -2.30. The van der Waals surface area contributed by atoms with E-state index in [9.17, 15) is 14.4 Å². The molecule has 1 unspecified atom stereocenters. The number of ether oxygens (including phenoxy) is 3. The molecule has 6 nitrogen and oxygen atoms in total. The molecule has 0 aromatic carbocycles. The van der Waals surface area contributed by atoms with Gasteiger partial charge in [0.05, 0.1) is 0 Å². The molecule has 0 aliphatic carbocycles. The Bertz CT molecular complexity index is 1340. The molecule has 0 saturated heterocycles. The molecule has 0 rings (SSSR count). The van der Waals surface area contributed by atoms with Crippen molar-refractivity contribution < 1.29 is 28.6 Å². The Balaban J connectivity index is 4.19. The molecule has 0 amide bonds. The van der Waals surface area contributed by atoms with Gasteiger partial charge in [-0.05, 0) is 70.6 Å². The molecule has 0 aliphatic rings. The third-order valence-electron chi connectivity index (χ3n) is 17.4. The van der Waals surface area contributed by atoms with Crippen molar-refractivity contribution in [3.05, 3.63) is 24.3 Å². The first kappa shape index (κ1) is 80.9. The highest BCUT2D eigenvalue weighted by Gasteiger charge is 2.20. The van der Waals surface area contributed by atoms with Crippen molar-refractivity contribution in [2.24, 2.45) is 0 Å². The predicted molar refractivity (Wildman–Crippen MR) is 363 cm³/mol. The van der Waals surface area contributed by atoms with E-state index in [-0.39, 0.29) is 31.1 Å². The topological polar surface area (TPSA) is 78.9 Å². The van der Waals surface area contributed by atoms with Crippen LogP contribution in [0, 0.1) is 0 Å². The molecule has 6 heteroatoms. The number of rotatable bonds is 71. The second kappa shape index (κ2) is 72.4. The van der Waals surface area contributed by atoms with Crippen molar-refractivity contribution in [3.8, 4) is 0 Å². The maximum Gasteiger partial charge on any atom is 0.306 e. The third-order valence-corrected chi connectivity index (χ3v) is 17.4. The van der Waals surface area contributed by atoms with Crippen LogP contribution in [0.25, 0.3) is 0 Å². The lowest BCUT2D eigenvalue weighted by Gasteiger charge is -2.18. The minimum absolute atomic E-state index is 0.0644. The van der Waals surface area contributed by atoms with Gasteiger partial charge in [-0.25, -0.2) is 0 Å². The Morgan fingerprint density at radius 1 is 0.229 bits per heavy atom. The van der Waals surface area contributed by atoms with E-state index in [0.29, 0.717) is 19.3 Å². The predicted octanol–water partition coefficient (Wildman–Crippen LogP) is 26.1. The van der Waals surface area contributed by atoms with Crippen molar-refractivity contribution in [2.75, 3.05) is 13.2 Å². The molecule has 0 N–H and O–H groups in total. The van der Waals surface area contributed by atoms with Crippen molar-refractivity contribution in [3.63, 3.8) is 0 Å². The van der Waals surface area contributed by atoms with E-state index in [0.717, 1.165) is 57.8 Å². The van der Waals surface area contributed by atoms with Gasteiger partial charge >= 0.3 is 17.9 Å². The monoisotopic (exact) mass is 1170 g/mol. The molecule has 0 radical (unpaired) electrons. The van der Waals surface area contributed by atoms with E-state index in [1.807, 2.05) is 0 Å². The lowest BCUT2D eigenvalue weighted by molar-refractivity contribution is -0.167. The normalized spacial score (nSPS) is 12.1. The summed E-state index contributed by atoms with van der Waals surface area (Å²) in [6.07, 6.45) is 89.4. The van der Waals surface area contributed by atoms with Gasteiger partial charge in [-0.15, -0.1) is 0 Å². The summed E-state index contributed by atoms with van der Waals surface area (Å²) in [5.41, 5.74) is 0. The Morgan fingerprint density at radius 2 is 0.398 bits per heavy atom. The summed E-state index contributed by atoms with van der Waals surface area (Å²) in [7, 11) is 0. The molecule has 0 aromatic heterocycles. The van der Waals surface area contributed by atoms with Crippen LogP contribution in [0.2, 0.25) is 0 Å². The molecule has 0 aliphatic heterocycles. The van der Waals surface area contributed by atoms with Crippen LogP contribution in [0.1, 0.15) is 432 Å². The summed E-state index contributed by atoms with van der Waals surface area (Å²) in [6.45, 7) is 6.73. The Hall–Kier alpha value is -2.11. The highest BCUT2D eigenvalue weighted by atomic mass is 16.6. The number of esters is 3. The van der Waals surface area contributed by atoms with Gasteiger partial charge in [-0.2, -0.15) is 0 Å². The van der Waals surface area contributed by atoms with Gasteiger partial charge in [0.15, 0.2) is 6.10 Å². The van der Waals surface area contributed by atoms with Crippen LogP contribution in [0.4, 0.5) is 0 Å². The van der Waals surface area contributed by atoms with E-state index in [1.54, 1.807) is 0 Å². The van der Waals surface area contributed by atoms with Gasteiger partial charge in [0.1, 0.15) is 13.2 Å². The zero-order valence-corrected chi connectivity index (χ0v) is 56.5. The van der Waals surface area contributed by atoms with Crippen molar-refractivity contribution in [2.45, 2.75) is 438 Å². The fourth-order valence-corrected chi connectivity index (χ4v) is 11.7. The average molecular weight is 1170 g/mol. The minimum Gasteiger partial charge on any atom is -0.462 e. The van der Waals surface area contributed by atoms with Crippen molar-refractivity contribution >= 4 is 17.9 Å². The van der Waals surface area contributed by atoms with E-state index in [2.05, 4.69) is 45.1 Å². The quantitative estimate of drug-likeness (QED) is 0.0261. The van der Waals surface area contributed by atoms with Crippen LogP contribution < -0.4 is 0 Å². The molecular weight excluding hydrogens is 1020 g/mol. The molecule has 0 heterocycles. The van der Waals surface area contributed by atoms with Crippen LogP contribution in [0.15, 0.2) is 24.3 Å². The Morgan fingerprint density at radius 3 is 0.602 bits per heavy atom. The van der Waals surface area contributed by atoms with E-state index in [1.165, 1.54) is 334 Å². The van der Waals surface area contributed by atoms with Crippen LogP contribution in [0.5, 0.6) is 0 Å². The van der Waals surface area contributed by atoms with Crippen LogP contribution >= 0.6 is 0 Å². The number of carbonyl (C=O) groups excluding carboxylic acids is 3. The van der Waals surface area contributed by atoms with Crippen LogP contribution in [0.3, 0.4) is 0 Å². The molecule has 83 heavy (non-hydrogen) atoms. The van der Waals surface area contributed by atoms with Crippen LogP contribution in [-0.4, -0.2) is 37.2 Å². The summed E-state index contributed by atoms with van der Waals surface area (Å²) in [5, 5.41) is 0. The number of hydrogen-bond acceptors (Lipinski definition) is 6. The van der Waals surface area contributed by atoms with Gasteiger partial charge in [0.2, 0.25) is 0 Å². The second-order valence-electron chi connectivity index (χ2n) is 25.9. The summed E-state index contributed by atoms with van der Waals surface area (Å²) in [6, 6.07) is 0. The maximum atomic E-state index is 13.0. The van der Waals surface area contributed by atoms with Crippen molar-refractivity contribution in [1.82, 2.24) is 0 Å². The first-order valence-electron chi connectivity index (χ1n) is 37.8. The number of allylic oxidation sites excluding steroid dienone is 4. The maximum absolute atomic E-state index is 13.0. The fourth-order valence-electron chi connectivity index (χ4n) is 11.7. The molecular formula is C77H146O6. The largest absolute Gasteiger partial charge is 0.462 e. The van der Waals surface area contributed by atoms with E-state index < -0.39 is 6.10 Å². The molecule has 0 bridgehead atoms. The number of unbranched alkanes of at least 4 members (excludes halogenated alkanes) is 56. The highest BCUT2D eigenvalue weighted by Crippen LogP contribution is 2.19. The number of carbonyl (C=O) groups is 3. The zero-order chi connectivity index (χ0) is 59.9. The molecule has 1 atom stereocenters. The Labute approximate surface area is 519 Å². The fraction of sp³-hybridized carbons (Fsp3) is 0.909. The highest BCUT2D eigenvalue weighted by molar-refractivity contribution is 5.71. The first-order valence-corrected chi connectivity index (χ1v) is 37.8. The summed E-state index contributed by atoms with van der Waals surface area (Å²) in [4.78, 5) is 38.5. The molecule has 0 aromatic rings. The summed E-state index contributed by atoms with van der Waals surface area (Å²) < 4.78 is 17.0. The first-order chi connectivity index (χ1) is 41.0. The van der Waals surface area contributed by atoms with Gasteiger partial charge in [-0.3, -0.25) is 14.4 Å². The van der Waals surface area contributed by atoms with Gasteiger partial charge in [0.25, 0.3) is 0 Å². The molecule has 490 valence electrons. The zero-order valence-electron chi connectivity index (χ0n) is 56.5. The third kappa shape index (κ3) is 70.5. The molecule has 0 fully saturated rings. The smallest absolute Gasteiger partial charge is 0.306 e. The minimum atomic E-state index is -0.768. The summed E-state index contributed by atoms with van der Waals surface area (Å²) in [5.74, 6) is -0.829. The van der Waals surface area contributed by atoms with Gasteiger partial charge in [0, 0.05) is 19.3 Å². The lowest BCUT2D eigenvalue weighted by atomic mass is 10.0. The molecule has 0 saturated carbocycles. The summed E-state index contributed by atoms with van der Waals surface area (Å²) >= 11 is 0. The second-order valence-corrected chi connectivity index (χ2v) is 25.9. The average Bonchev–Trinajstić information content (AvgIpc) is 3.49.